The first-order valence-corrected chi connectivity index (χ1v) is 10.3. The van der Waals surface area contributed by atoms with Crippen molar-refractivity contribution in [3.05, 3.63) is 29.8 Å². The first-order valence-electron chi connectivity index (χ1n) is 10.3. The molecule has 5 heteroatoms. The highest BCUT2D eigenvalue weighted by Crippen LogP contribution is 2.60. The maximum absolute atomic E-state index is 13.2. The van der Waals surface area contributed by atoms with Gasteiger partial charge in [-0.05, 0) is 87.0 Å². The Morgan fingerprint density at radius 3 is 2.39 bits per heavy atom. The summed E-state index contributed by atoms with van der Waals surface area (Å²) in [5.41, 5.74) is 0.580. The second-order valence-electron chi connectivity index (χ2n) is 9.09. The van der Waals surface area contributed by atoms with E-state index in [0.29, 0.717) is 29.3 Å². The Morgan fingerprint density at radius 2 is 1.71 bits per heavy atom. The fourth-order valence-electron chi connectivity index (χ4n) is 6.29. The molecule has 28 heavy (non-hydrogen) atoms. The highest BCUT2D eigenvalue weighted by atomic mass is 16.7. The summed E-state index contributed by atoms with van der Waals surface area (Å²) >= 11 is 0. The van der Waals surface area contributed by atoms with E-state index in [1.807, 2.05) is 18.2 Å². The molecule has 4 bridgehead atoms. The van der Waals surface area contributed by atoms with Gasteiger partial charge in [-0.1, -0.05) is 6.07 Å². The van der Waals surface area contributed by atoms with Crippen LogP contribution in [0.5, 0.6) is 11.5 Å². The third-order valence-electron chi connectivity index (χ3n) is 7.03. The molecule has 148 valence electrons. The number of carbonyl (C=O) groups is 2. The van der Waals surface area contributed by atoms with Crippen molar-refractivity contribution in [1.29, 1.82) is 0 Å². The molecule has 0 N–H and O–H groups in total. The van der Waals surface area contributed by atoms with Crippen LogP contribution in [0.25, 0.3) is 6.08 Å². The quantitative estimate of drug-likeness (QED) is 0.566. The van der Waals surface area contributed by atoms with E-state index in [1.54, 1.807) is 13.0 Å². The number of ketones is 1. The normalized spacial score (nSPS) is 33.2. The van der Waals surface area contributed by atoms with Gasteiger partial charge in [0.25, 0.3) is 0 Å². The fourth-order valence-corrected chi connectivity index (χ4v) is 6.29. The highest BCUT2D eigenvalue weighted by molar-refractivity contribution is 5.93. The zero-order valence-corrected chi connectivity index (χ0v) is 16.2. The minimum atomic E-state index is -0.690. The van der Waals surface area contributed by atoms with Crippen molar-refractivity contribution >= 4 is 17.8 Å². The molecule has 4 saturated carbocycles. The average molecular weight is 382 g/mol. The Balaban J connectivity index is 1.22. The van der Waals surface area contributed by atoms with Crippen molar-refractivity contribution in [2.75, 3.05) is 6.79 Å². The molecule has 6 rings (SSSR count). The van der Waals surface area contributed by atoms with Crippen LogP contribution in [-0.2, 0) is 14.3 Å². The fraction of sp³-hybridized carbons (Fsp3) is 0.565. The summed E-state index contributed by atoms with van der Waals surface area (Å²) in [6.07, 6.45) is 9.21. The molecular weight excluding hydrogens is 356 g/mol. The van der Waals surface area contributed by atoms with E-state index in [4.69, 9.17) is 14.2 Å². The summed E-state index contributed by atoms with van der Waals surface area (Å²) in [7, 11) is 0. The SMILES string of the molecule is C[C@H](OC(=O)/C=C/c1ccc2c(c1)OCO2)C(=O)C12CC3CC(CC(C3)C1)C2. The second-order valence-corrected chi connectivity index (χ2v) is 9.09. The molecule has 1 aromatic rings. The van der Waals surface area contributed by atoms with E-state index in [9.17, 15) is 9.59 Å². The second kappa shape index (κ2) is 6.64. The number of carbonyl (C=O) groups excluding carboxylic acids is 2. The van der Waals surface area contributed by atoms with E-state index < -0.39 is 12.1 Å². The van der Waals surface area contributed by atoms with Crippen LogP contribution in [0.1, 0.15) is 51.0 Å². The molecule has 1 atom stereocenters. The molecule has 4 aliphatic carbocycles. The van der Waals surface area contributed by atoms with E-state index >= 15 is 0 Å². The number of hydrogen-bond donors (Lipinski definition) is 0. The standard InChI is InChI=1S/C23H26O5/c1-14(22(25)23-10-16-6-17(11-23)8-18(7-16)12-23)28-21(24)5-3-15-2-4-19-20(9-15)27-13-26-19/h2-5,9,14,16-18H,6-8,10-13H2,1H3/b5-3+/t14-,16?,17?,18?,23?/m0/s1. The predicted molar refractivity (Wildman–Crippen MR) is 103 cm³/mol. The van der Waals surface area contributed by atoms with Crippen molar-refractivity contribution in [1.82, 2.24) is 0 Å². The monoisotopic (exact) mass is 382 g/mol. The van der Waals surface area contributed by atoms with Crippen LogP contribution in [0.4, 0.5) is 0 Å². The number of hydrogen-bond acceptors (Lipinski definition) is 5. The van der Waals surface area contributed by atoms with Crippen LogP contribution in [0.2, 0.25) is 0 Å². The van der Waals surface area contributed by atoms with Crippen LogP contribution in [0.3, 0.4) is 0 Å². The largest absolute Gasteiger partial charge is 0.454 e. The number of rotatable bonds is 5. The van der Waals surface area contributed by atoms with Crippen molar-refractivity contribution in [2.45, 2.75) is 51.6 Å². The third-order valence-corrected chi connectivity index (χ3v) is 7.03. The van der Waals surface area contributed by atoms with Gasteiger partial charge in [0, 0.05) is 11.5 Å². The van der Waals surface area contributed by atoms with Gasteiger partial charge in [-0.3, -0.25) is 4.79 Å². The number of fused-ring (bicyclic) bond motifs is 1. The Kier molecular flexibility index (Phi) is 4.22. The van der Waals surface area contributed by atoms with Gasteiger partial charge in [-0.2, -0.15) is 0 Å². The molecule has 1 aromatic carbocycles. The van der Waals surface area contributed by atoms with Gasteiger partial charge in [-0.25, -0.2) is 4.79 Å². The number of Topliss-reactive ketones (excluding diaryl/α,β-unsaturated/α-hetero) is 1. The maximum atomic E-state index is 13.2. The third kappa shape index (κ3) is 3.11. The lowest BCUT2D eigenvalue weighted by molar-refractivity contribution is -0.162. The molecule has 5 nitrogen and oxygen atoms in total. The van der Waals surface area contributed by atoms with Crippen LogP contribution < -0.4 is 9.47 Å². The lowest BCUT2D eigenvalue weighted by Gasteiger charge is -2.56. The van der Waals surface area contributed by atoms with Crippen molar-refractivity contribution in [3.8, 4) is 11.5 Å². The van der Waals surface area contributed by atoms with Gasteiger partial charge >= 0.3 is 5.97 Å². The lowest BCUT2D eigenvalue weighted by Crippen LogP contribution is -2.52. The summed E-state index contributed by atoms with van der Waals surface area (Å²) in [4.78, 5) is 25.5. The highest BCUT2D eigenvalue weighted by Gasteiger charge is 2.55. The summed E-state index contributed by atoms with van der Waals surface area (Å²) < 4.78 is 16.1. The van der Waals surface area contributed by atoms with Crippen LogP contribution in [0.15, 0.2) is 24.3 Å². The number of ether oxygens (including phenoxy) is 3. The van der Waals surface area contributed by atoms with Crippen molar-refractivity contribution in [3.63, 3.8) is 0 Å². The first-order chi connectivity index (χ1) is 13.5. The molecule has 0 unspecified atom stereocenters. The molecular formula is C23H26O5. The predicted octanol–water partition coefficient (Wildman–Crippen LogP) is 4.15. The summed E-state index contributed by atoms with van der Waals surface area (Å²) in [5, 5.41) is 0. The molecule has 1 heterocycles. The summed E-state index contributed by atoms with van der Waals surface area (Å²) in [6, 6.07) is 5.48. The Labute approximate surface area is 165 Å². The molecule has 1 aliphatic heterocycles. The molecule has 0 spiro atoms. The molecule has 0 radical (unpaired) electrons. The minimum Gasteiger partial charge on any atom is -0.454 e. The molecule has 4 fully saturated rings. The van der Waals surface area contributed by atoms with Crippen LogP contribution in [0, 0.1) is 23.2 Å². The number of esters is 1. The van der Waals surface area contributed by atoms with Gasteiger partial charge in [0.15, 0.2) is 23.4 Å². The average Bonchev–Trinajstić information content (AvgIpc) is 3.12. The van der Waals surface area contributed by atoms with Gasteiger partial charge < -0.3 is 14.2 Å². The zero-order valence-electron chi connectivity index (χ0n) is 16.2. The summed E-state index contributed by atoms with van der Waals surface area (Å²) in [6.45, 7) is 1.95. The smallest absolute Gasteiger partial charge is 0.331 e. The molecule has 0 saturated heterocycles. The van der Waals surface area contributed by atoms with Gasteiger partial charge in [-0.15, -0.1) is 0 Å². The topological polar surface area (TPSA) is 61.8 Å². The molecule has 0 amide bonds. The van der Waals surface area contributed by atoms with Crippen LogP contribution in [-0.4, -0.2) is 24.6 Å². The van der Waals surface area contributed by atoms with Crippen LogP contribution >= 0.6 is 0 Å². The maximum Gasteiger partial charge on any atom is 0.331 e. The minimum absolute atomic E-state index is 0.136. The van der Waals surface area contributed by atoms with Gasteiger partial charge in [0.05, 0.1) is 0 Å². The Hall–Kier alpha value is -2.30. The Bertz CT molecular complexity index is 804. The zero-order chi connectivity index (χ0) is 19.3. The van der Waals surface area contributed by atoms with Gasteiger partial charge in [0.1, 0.15) is 0 Å². The first kappa shape index (κ1) is 17.8. The number of benzene rings is 1. The van der Waals surface area contributed by atoms with E-state index in [0.717, 1.165) is 24.8 Å². The summed E-state index contributed by atoms with van der Waals surface area (Å²) in [5.74, 6) is 3.12. The molecule has 0 aromatic heterocycles. The van der Waals surface area contributed by atoms with E-state index in [-0.39, 0.29) is 18.0 Å². The van der Waals surface area contributed by atoms with E-state index in [1.165, 1.54) is 25.3 Å². The van der Waals surface area contributed by atoms with Crippen molar-refractivity contribution in [2.24, 2.45) is 23.2 Å². The molecule has 5 aliphatic rings. The Morgan fingerprint density at radius 1 is 1.07 bits per heavy atom. The van der Waals surface area contributed by atoms with E-state index in [2.05, 4.69) is 0 Å². The van der Waals surface area contributed by atoms with Gasteiger partial charge in [0.2, 0.25) is 6.79 Å². The lowest BCUT2D eigenvalue weighted by atomic mass is 9.48. The van der Waals surface area contributed by atoms with Crippen molar-refractivity contribution < 1.29 is 23.8 Å².